The summed E-state index contributed by atoms with van der Waals surface area (Å²) in [4.78, 5) is 3.90. The van der Waals surface area contributed by atoms with Gasteiger partial charge in [-0.05, 0) is 54.4 Å². The summed E-state index contributed by atoms with van der Waals surface area (Å²) in [6, 6.07) is 3.36. The molecule has 0 saturated heterocycles. The number of nitrogens with zero attached hydrogens (tertiary/aromatic N) is 2. The molecule has 6 nitrogen and oxygen atoms in total. The highest BCUT2D eigenvalue weighted by Crippen LogP contribution is 2.34. The first-order valence-corrected chi connectivity index (χ1v) is 8.53. The van der Waals surface area contributed by atoms with Crippen molar-refractivity contribution in [3.63, 3.8) is 0 Å². The summed E-state index contributed by atoms with van der Waals surface area (Å²) in [5.41, 5.74) is 0.922. The van der Waals surface area contributed by atoms with Gasteiger partial charge in [0.2, 0.25) is 0 Å². The number of hydrogen-bond donors (Lipinski definition) is 2. The number of benzene rings is 1. The van der Waals surface area contributed by atoms with Crippen LogP contribution in [-0.2, 0) is 10.0 Å². The molecule has 2 N–H and O–H groups in total. The van der Waals surface area contributed by atoms with E-state index in [1.165, 1.54) is 12.5 Å². The molecule has 0 unspecified atom stereocenters. The molecule has 1 aromatic heterocycles. The van der Waals surface area contributed by atoms with Gasteiger partial charge in [-0.1, -0.05) is 0 Å². The standard InChI is InChI=1S/C13H16BrN3O3S/c1-8(2)17-6-12(15-7-17)21(19,20)16-11-5-9(3)4-10(14)13(11)18/h4-8,16,18H,1-3H3. The first-order chi connectivity index (χ1) is 9.70. The van der Waals surface area contributed by atoms with E-state index >= 15 is 0 Å². The lowest BCUT2D eigenvalue weighted by Gasteiger charge is -2.10. The number of anilines is 1. The minimum atomic E-state index is -3.84. The molecule has 0 fully saturated rings. The van der Waals surface area contributed by atoms with Gasteiger partial charge in [0.15, 0.2) is 10.8 Å². The summed E-state index contributed by atoms with van der Waals surface area (Å²) < 4.78 is 29.1. The van der Waals surface area contributed by atoms with Crippen molar-refractivity contribution in [3.8, 4) is 5.75 Å². The Labute approximate surface area is 132 Å². The summed E-state index contributed by atoms with van der Waals surface area (Å²) in [6.45, 7) is 5.65. The zero-order valence-electron chi connectivity index (χ0n) is 11.8. The monoisotopic (exact) mass is 373 g/mol. The van der Waals surface area contributed by atoms with Crippen molar-refractivity contribution in [1.82, 2.24) is 9.55 Å². The first kappa shape index (κ1) is 15.8. The smallest absolute Gasteiger partial charge is 0.281 e. The number of aromatic nitrogens is 2. The van der Waals surface area contributed by atoms with E-state index in [9.17, 15) is 13.5 Å². The Kier molecular flexibility index (Phi) is 4.29. The lowest BCUT2D eigenvalue weighted by molar-refractivity contribution is 0.474. The molecule has 0 aliphatic heterocycles. The van der Waals surface area contributed by atoms with Crippen molar-refractivity contribution in [1.29, 1.82) is 0 Å². The van der Waals surface area contributed by atoms with Crippen molar-refractivity contribution in [3.05, 3.63) is 34.7 Å². The molecule has 0 saturated carbocycles. The van der Waals surface area contributed by atoms with Crippen LogP contribution < -0.4 is 4.72 Å². The van der Waals surface area contributed by atoms with Gasteiger partial charge in [0.25, 0.3) is 10.0 Å². The maximum Gasteiger partial charge on any atom is 0.281 e. The van der Waals surface area contributed by atoms with Crippen molar-refractivity contribution >= 4 is 31.6 Å². The van der Waals surface area contributed by atoms with Crippen LogP contribution in [0.25, 0.3) is 0 Å². The van der Waals surface area contributed by atoms with Crippen LogP contribution in [0.3, 0.4) is 0 Å². The zero-order valence-corrected chi connectivity index (χ0v) is 14.2. The lowest BCUT2D eigenvalue weighted by atomic mass is 10.2. The summed E-state index contributed by atoms with van der Waals surface area (Å²) in [5.74, 6) is -0.160. The minimum Gasteiger partial charge on any atom is -0.505 e. The normalized spacial score (nSPS) is 11.9. The van der Waals surface area contributed by atoms with Crippen molar-refractivity contribution in [2.75, 3.05) is 4.72 Å². The molecule has 0 spiro atoms. The zero-order chi connectivity index (χ0) is 15.8. The number of rotatable bonds is 4. The number of halogens is 1. The molecule has 114 valence electrons. The fourth-order valence-electron chi connectivity index (χ4n) is 1.75. The number of phenols is 1. The van der Waals surface area contributed by atoms with Crippen LogP contribution in [0.5, 0.6) is 5.75 Å². The summed E-state index contributed by atoms with van der Waals surface area (Å²) in [7, 11) is -3.84. The molecule has 0 aliphatic rings. The van der Waals surface area contributed by atoms with Gasteiger partial charge in [0.1, 0.15) is 0 Å². The van der Waals surface area contributed by atoms with E-state index in [0.29, 0.717) is 4.47 Å². The van der Waals surface area contributed by atoms with Gasteiger partial charge < -0.3 is 9.67 Å². The van der Waals surface area contributed by atoms with Gasteiger partial charge in [0.05, 0.1) is 16.5 Å². The van der Waals surface area contributed by atoms with E-state index in [0.717, 1.165) is 5.56 Å². The molecule has 2 aromatic rings. The highest BCUT2D eigenvalue weighted by atomic mass is 79.9. The average molecular weight is 374 g/mol. The Balaban J connectivity index is 2.37. The van der Waals surface area contributed by atoms with Gasteiger partial charge in [0, 0.05) is 12.2 Å². The van der Waals surface area contributed by atoms with Gasteiger partial charge >= 0.3 is 0 Å². The fraction of sp³-hybridized carbons (Fsp3) is 0.308. The number of imidazole rings is 1. The van der Waals surface area contributed by atoms with Crippen LogP contribution >= 0.6 is 15.9 Å². The molecule has 21 heavy (non-hydrogen) atoms. The van der Waals surface area contributed by atoms with Crippen LogP contribution in [0.15, 0.2) is 34.2 Å². The molecule has 0 radical (unpaired) electrons. The second kappa shape index (κ2) is 5.69. The molecule has 0 amide bonds. The van der Waals surface area contributed by atoms with Gasteiger partial charge in [-0.15, -0.1) is 0 Å². The number of nitrogens with one attached hydrogen (secondary N) is 1. The lowest BCUT2D eigenvalue weighted by Crippen LogP contribution is -2.13. The van der Waals surface area contributed by atoms with Crippen molar-refractivity contribution in [2.45, 2.75) is 31.8 Å². The predicted octanol–water partition coefficient (Wildman–Crippen LogP) is 3.04. The first-order valence-electron chi connectivity index (χ1n) is 6.26. The number of phenolic OH excluding ortho intramolecular Hbond substituents is 1. The number of aromatic hydroxyl groups is 1. The van der Waals surface area contributed by atoms with Crippen LogP contribution in [-0.4, -0.2) is 23.1 Å². The van der Waals surface area contributed by atoms with Crippen LogP contribution in [0.4, 0.5) is 5.69 Å². The Hall–Kier alpha value is -1.54. The van der Waals surface area contributed by atoms with E-state index in [2.05, 4.69) is 25.6 Å². The van der Waals surface area contributed by atoms with E-state index in [1.54, 1.807) is 23.6 Å². The number of aryl methyl sites for hydroxylation is 1. The Morgan fingerprint density at radius 1 is 1.38 bits per heavy atom. The van der Waals surface area contributed by atoms with Crippen LogP contribution in [0, 0.1) is 6.92 Å². The SMILES string of the molecule is Cc1cc(Br)c(O)c(NS(=O)(=O)c2cn(C(C)C)cn2)c1. The van der Waals surface area contributed by atoms with Crippen LogP contribution in [0.2, 0.25) is 0 Å². The Bertz CT molecular complexity index is 769. The fourth-order valence-corrected chi connectivity index (χ4v) is 3.32. The predicted molar refractivity (Wildman–Crippen MR) is 84.0 cm³/mol. The topological polar surface area (TPSA) is 84.2 Å². The molecular formula is C13H16BrN3O3S. The third kappa shape index (κ3) is 3.38. The molecule has 0 aliphatic carbocycles. The Morgan fingerprint density at radius 2 is 2.05 bits per heavy atom. The van der Waals surface area contributed by atoms with Crippen LogP contribution in [0.1, 0.15) is 25.5 Å². The molecule has 0 atom stereocenters. The second-order valence-corrected chi connectivity index (χ2v) is 7.48. The van der Waals surface area contributed by atoms with E-state index in [-0.39, 0.29) is 22.5 Å². The van der Waals surface area contributed by atoms with E-state index in [1.807, 2.05) is 13.8 Å². The summed E-state index contributed by atoms with van der Waals surface area (Å²) in [5, 5.41) is 9.84. The van der Waals surface area contributed by atoms with E-state index in [4.69, 9.17) is 0 Å². The molecule has 8 heteroatoms. The van der Waals surface area contributed by atoms with E-state index < -0.39 is 10.0 Å². The minimum absolute atomic E-state index is 0.0896. The quantitative estimate of drug-likeness (QED) is 0.806. The van der Waals surface area contributed by atoms with Gasteiger partial charge in [-0.3, -0.25) is 4.72 Å². The van der Waals surface area contributed by atoms with Crippen molar-refractivity contribution in [2.24, 2.45) is 0 Å². The maximum absolute atomic E-state index is 12.3. The third-order valence-electron chi connectivity index (χ3n) is 2.90. The molecule has 1 heterocycles. The second-order valence-electron chi connectivity index (χ2n) is 5.00. The van der Waals surface area contributed by atoms with Gasteiger partial charge in [-0.2, -0.15) is 8.42 Å². The molecule has 2 rings (SSSR count). The Morgan fingerprint density at radius 3 is 2.62 bits per heavy atom. The molecule has 0 bridgehead atoms. The molecular weight excluding hydrogens is 358 g/mol. The van der Waals surface area contributed by atoms with Gasteiger partial charge in [-0.25, -0.2) is 4.98 Å². The summed E-state index contributed by atoms with van der Waals surface area (Å²) in [6.07, 6.45) is 2.92. The number of hydrogen-bond acceptors (Lipinski definition) is 4. The third-order valence-corrected chi connectivity index (χ3v) is 4.76. The highest BCUT2D eigenvalue weighted by molar-refractivity contribution is 9.10. The van der Waals surface area contributed by atoms with Crippen molar-refractivity contribution < 1.29 is 13.5 Å². The summed E-state index contributed by atoms with van der Waals surface area (Å²) >= 11 is 3.18. The highest BCUT2D eigenvalue weighted by Gasteiger charge is 2.20. The molecule has 1 aromatic carbocycles. The largest absolute Gasteiger partial charge is 0.505 e. The number of sulfonamides is 1. The maximum atomic E-state index is 12.3. The average Bonchev–Trinajstić information content (AvgIpc) is 2.85.